The molecule has 39 heavy (non-hydrogen) atoms. The lowest BCUT2D eigenvalue weighted by Crippen LogP contribution is -2.38. The zero-order valence-electron chi connectivity index (χ0n) is 21.2. The van der Waals surface area contributed by atoms with Crippen LogP contribution in [0.2, 0.25) is 0 Å². The number of carbonyl (C=O) groups is 1. The number of nitrogens with zero attached hydrogens (tertiary/aromatic N) is 4. The number of nitrogen functional groups attached to an aromatic ring is 1. The van der Waals surface area contributed by atoms with Crippen LogP contribution in [0.25, 0.3) is 11.2 Å². The fourth-order valence-electron chi connectivity index (χ4n) is 3.80. The van der Waals surface area contributed by atoms with Crippen LogP contribution in [0, 0.1) is 0 Å². The molecule has 0 unspecified atom stereocenters. The molecule has 0 saturated carbocycles. The number of fused-ring (bicyclic) bond motifs is 1. The predicted octanol–water partition coefficient (Wildman–Crippen LogP) is 0.962. The summed E-state index contributed by atoms with van der Waals surface area (Å²) in [5.74, 6) is -0.745. The Morgan fingerprint density at radius 1 is 1.21 bits per heavy atom. The van der Waals surface area contributed by atoms with E-state index in [9.17, 15) is 24.8 Å². The Labute approximate surface area is 222 Å². The normalized spacial score (nSPS) is 23.5. The molecule has 2 aromatic heterocycles. The van der Waals surface area contributed by atoms with Gasteiger partial charge in [-0.25, -0.2) is 9.55 Å². The summed E-state index contributed by atoms with van der Waals surface area (Å²) in [7, 11) is -4.25. The lowest BCUT2D eigenvalue weighted by molar-refractivity contribution is -0.149. The van der Waals surface area contributed by atoms with E-state index in [0.717, 1.165) is 0 Å². The maximum absolute atomic E-state index is 13.7. The van der Waals surface area contributed by atoms with Crippen molar-refractivity contribution in [3.63, 3.8) is 0 Å². The van der Waals surface area contributed by atoms with E-state index in [2.05, 4.69) is 20.0 Å². The number of hydrogen-bond acceptors (Lipinski definition) is 14. The average Bonchev–Trinajstić information content (AvgIpc) is 3.42. The number of esters is 1. The van der Waals surface area contributed by atoms with Gasteiger partial charge >= 0.3 is 13.7 Å². The molecule has 7 N–H and O–H groups in total. The highest BCUT2D eigenvalue weighted by Gasteiger charge is 2.46. The molecule has 3 aromatic rings. The van der Waals surface area contributed by atoms with Crippen molar-refractivity contribution in [3.05, 3.63) is 36.7 Å². The first-order valence-electron chi connectivity index (χ1n) is 11.9. The van der Waals surface area contributed by atoms with Crippen LogP contribution in [-0.4, -0.2) is 78.0 Å². The zero-order chi connectivity index (χ0) is 28.3. The third-order valence-electron chi connectivity index (χ3n) is 5.59. The van der Waals surface area contributed by atoms with Crippen LogP contribution in [0.4, 0.5) is 11.8 Å². The quantitative estimate of drug-likeness (QED) is 0.108. The molecule has 212 valence electrons. The van der Waals surface area contributed by atoms with E-state index in [0.29, 0.717) is 0 Å². The zero-order valence-corrected chi connectivity index (χ0v) is 22.1. The van der Waals surface area contributed by atoms with Gasteiger partial charge in [-0.05, 0) is 32.9 Å². The molecule has 17 heteroatoms. The number of benzene rings is 1. The van der Waals surface area contributed by atoms with Crippen LogP contribution in [0.1, 0.15) is 27.0 Å². The molecule has 4 rings (SSSR count). The van der Waals surface area contributed by atoms with E-state index in [-0.39, 0.29) is 28.7 Å². The van der Waals surface area contributed by atoms with Crippen molar-refractivity contribution in [1.29, 1.82) is 0 Å². The maximum atomic E-state index is 13.7. The van der Waals surface area contributed by atoms with E-state index in [1.807, 2.05) is 5.48 Å². The van der Waals surface area contributed by atoms with Gasteiger partial charge in [-0.2, -0.15) is 15.1 Å². The van der Waals surface area contributed by atoms with Crippen LogP contribution >= 0.6 is 7.75 Å². The number of aliphatic hydroxyl groups excluding tert-OH is 2. The Morgan fingerprint density at radius 3 is 2.59 bits per heavy atom. The molecular formula is C22H30N7O9P. The monoisotopic (exact) mass is 567 g/mol. The van der Waals surface area contributed by atoms with Crippen molar-refractivity contribution >= 4 is 36.6 Å². The molecule has 1 aliphatic heterocycles. The molecule has 0 amide bonds. The Bertz CT molecular complexity index is 1340. The third kappa shape index (κ3) is 6.45. The summed E-state index contributed by atoms with van der Waals surface area (Å²) in [6.07, 6.45) is -4.51. The van der Waals surface area contributed by atoms with Gasteiger partial charge in [0.2, 0.25) is 5.95 Å². The Hall–Kier alpha value is -3.37. The molecule has 6 atom stereocenters. The van der Waals surface area contributed by atoms with Gasteiger partial charge in [-0.15, -0.1) is 0 Å². The molecule has 1 aliphatic rings. The van der Waals surface area contributed by atoms with Gasteiger partial charge in [0.05, 0.1) is 19.0 Å². The van der Waals surface area contributed by atoms with E-state index in [1.54, 1.807) is 44.2 Å². The number of aliphatic hydroxyl groups is 2. The summed E-state index contributed by atoms with van der Waals surface area (Å²) in [6.45, 7) is 4.27. The lowest BCUT2D eigenvalue weighted by atomic mass is 10.1. The van der Waals surface area contributed by atoms with E-state index in [1.165, 1.54) is 17.8 Å². The Kier molecular flexibility index (Phi) is 8.66. The number of para-hydroxylation sites is 1. The summed E-state index contributed by atoms with van der Waals surface area (Å²) in [4.78, 5) is 24.3. The first-order valence-corrected chi connectivity index (χ1v) is 13.4. The molecule has 0 spiro atoms. The van der Waals surface area contributed by atoms with E-state index < -0.39 is 57.0 Å². The van der Waals surface area contributed by atoms with Gasteiger partial charge in [0, 0.05) is 0 Å². The molecule has 0 bridgehead atoms. The largest absolute Gasteiger partial charge is 0.462 e. The lowest BCUT2D eigenvalue weighted by Gasteiger charge is -2.25. The minimum atomic E-state index is -4.25. The average molecular weight is 567 g/mol. The smallest absolute Gasteiger partial charge is 0.459 e. The van der Waals surface area contributed by atoms with Crippen molar-refractivity contribution in [2.75, 3.05) is 17.8 Å². The van der Waals surface area contributed by atoms with Crippen molar-refractivity contribution in [3.8, 4) is 5.75 Å². The minimum Gasteiger partial charge on any atom is -0.462 e. The first-order chi connectivity index (χ1) is 18.5. The molecule has 1 fully saturated rings. The molecule has 0 radical (unpaired) electrons. The predicted molar refractivity (Wildman–Crippen MR) is 136 cm³/mol. The van der Waals surface area contributed by atoms with Crippen molar-refractivity contribution in [1.82, 2.24) is 24.6 Å². The van der Waals surface area contributed by atoms with Crippen molar-refractivity contribution in [2.45, 2.75) is 57.5 Å². The summed E-state index contributed by atoms with van der Waals surface area (Å²) in [6, 6.07) is 7.06. The second kappa shape index (κ2) is 11.8. The number of aromatic nitrogens is 4. The minimum absolute atomic E-state index is 0.0700. The van der Waals surface area contributed by atoms with Gasteiger partial charge in [-0.1, -0.05) is 18.2 Å². The van der Waals surface area contributed by atoms with E-state index in [4.69, 9.17) is 24.3 Å². The van der Waals surface area contributed by atoms with Gasteiger partial charge in [-0.3, -0.25) is 24.6 Å². The van der Waals surface area contributed by atoms with Gasteiger partial charge in [0.25, 0.3) is 0 Å². The Morgan fingerprint density at radius 2 is 1.92 bits per heavy atom. The van der Waals surface area contributed by atoms with Crippen LogP contribution in [0.5, 0.6) is 5.75 Å². The van der Waals surface area contributed by atoms with Crippen LogP contribution in [0.3, 0.4) is 0 Å². The van der Waals surface area contributed by atoms with Gasteiger partial charge < -0.3 is 29.9 Å². The van der Waals surface area contributed by atoms with Crippen LogP contribution < -0.4 is 20.8 Å². The summed E-state index contributed by atoms with van der Waals surface area (Å²) in [5, 5.41) is 33.3. The number of rotatable bonds is 11. The number of nitrogens with two attached hydrogens (primary N) is 1. The highest BCUT2D eigenvalue weighted by molar-refractivity contribution is 7.52. The van der Waals surface area contributed by atoms with Crippen molar-refractivity contribution in [2.24, 2.45) is 0 Å². The van der Waals surface area contributed by atoms with Crippen LogP contribution in [0.15, 0.2) is 36.7 Å². The third-order valence-corrected chi connectivity index (χ3v) is 7.23. The highest BCUT2D eigenvalue weighted by Crippen LogP contribution is 2.46. The SMILES string of the molecule is CC(C)OC(=O)[C@@H](C)N[P@](=O)(OC[C@H]1O[C@@H](n2cnc3c(NO)nc(N)nc32)[C@H](O)[C@@H]1O)Oc1ccccc1. The highest BCUT2D eigenvalue weighted by atomic mass is 31.2. The standard InChI is InChI=1S/C22H30N7O9P/c1-11(2)36-21(32)12(3)28-39(34,38-13-7-5-4-6-8-13)35-9-14-16(30)17(31)20(37-14)29-10-24-15-18(27-33)25-22(23)26-19(15)29/h4-8,10-12,14,16-17,20,30-31,33H,9H2,1-3H3,(H,28,34)(H3,23,25,26,27)/t12-,14-,16-,17-,20-,39+/m1/s1. The molecule has 3 heterocycles. The topological polar surface area (TPSA) is 225 Å². The molecule has 1 saturated heterocycles. The number of ether oxygens (including phenoxy) is 2. The molecular weight excluding hydrogens is 537 g/mol. The second-order valence-corrected chi connectivity index (χ2v) is 10.6. The van der Waals surface area contributed by atoms with Gasteiger partial charge in [0.15, 0.2) is 23.2 Å². The fraction of sp³-hybridized carbons (Fsp3) is 0.455. The fourth-order valence-corrected chi connectivity index (χ4v) is 5.30. The number of carbonyl (C=O) groups excluding carboxylic acids is 1. The summed E-state index contributed by atoms with van der Waals surface area (Å²) < 4.78 is 37.1. The maximum Gasteiger partial charge on any atom is 0.459 e. The first kappa shape index (κ1) is 28.6. The summed E-state index contributed by atoms with van der Waals surface area (Å²) >= 11 is 0. The Balaban J connectivity index is 1.52. The van der Waals surface area contributed by atoms with Gasteiger partial charge in [0.1, 0.15) is 30.1 Å². The molecule has 1 aromatic carbocycles. The second-order valence-electron chi connectivity index (χ2n) is 8.95. The number of hydrogen-bond donors (Lipinski definition) is 6. The molecule has 0 aliphatic carbocycles. The number of imidazole rings is 1. The van der Waals surface area contributed by atoms with E-state index >= 15 is 0 Å². The number of anilines is 2. The van der Waals surface area contributed by atoms with Crippen molar-refractivity contribution < 1.29 is 43.3 Å². The number of nitrogens with one attached hydrogen (secondary N) is 2. The molecule has 16 nitrogen and oxygen atoms in total. The van der Waals surface area contributed by atoms with Crippen LogP contribution in [-0.2, 0) is 23.4 Å². The summed E-state index contributed by atoms with van der Waals surface area (Å²) in [5.41, 5.74) is 7.79.